The Bertz CT molecular complexity index is 1340. The second kappa shape index (κ2) is 13.3. The molecule has 2 saturated heterocycles. The van der Waals surface area contributed by atoms with Crippen molar-refractivity contribution in [1.82, 2.24) is 45.7 Å². The Balaban J connectivity index is 1.20. The minimum absolute atomic E-state index is 0.0193. The standard InChI is InChI=1S/C26H35Cl2N11O2/c1-2-18-15-38(25-22(28)31-21(23(29)32-25)26(41)30-7-12-40)10-11-39(18)19-5-8-37(9-6-19)14-16-3-4-17(27)13-20(16)24-33-35-36-34-24/h3-4,13,18-19,40H,2,5-12,14-15H2,1H3,(H2,29,32)(H,30,41)(H,33,34,35,36)/t18-/m0/s1. The number of nitrogen functional groups attached to an aromatic ring is 1. The predicted octanol–water partition coefficient (Wildman–Crippen LogP) is 1.83. The molecule has 2 aliphatic rings. The Labute approximate surface area is 248 Å². The minimum atomic E-state index is -0.512. The van der Waals surface area contributed by atoms with E-state index in [4.69, 9.17) is 34.0 Å². The number of likely N-dealkylation sites (tertiary alicyclic amines) is 1. The Kier molecular flexibility index (Phi) is 9.50. The van der Waals surface area contributed by atoms with Crippen molar-refractivity contribution in [2.24, 2.45) is 0 Å². The topological polar surface area (TPSA) is 165 Å². The lowest BCUT2D eigenvalue weighted by Gasteiger charge is -2.47. The van der Waals surface area contributed by atoms with Crippen LogP contribution in [0.4, 0.5) is 11.6 Å². The van der Waals surface area contributed by atoms with Crippen LogP contribution in [0.15, 0.2) is 18.2 Å². The minimum Gasteiger partial charge on any atom is -0.395 e. The molecule has 0 spiro atoms. The van der Waals surface area contributed by atoms with E-state index >= 15 is 0 Å². The van der Waals surface area contributed by atoms with Crippen LogP contribution in [0, 0.1) is 0 Å². The average molecular weight is 605 g/mol. The van der Waals surface area contributed by atoms with Crippen LogP contribution in [-0.4, -0.2) is 109 Å². The molecule has 0 aliphatic carbocycles. The number of piperidine rings is 1. The molecule has 3 aromatic rings. The molecule has 4 heterocycles. The number of amides is 1. The van der Waals surface area contributed by atoms with E-state index < -0.39 is 5.91 Å². The van der Waals surface area contributed by atoms with Gasteiger partial charge in [0.05, 0.1) is 6.61 Å². The molecule has 2 aliphatic heterocycles. The first-order valence-electron chi connectivity index (χ1n) is 13.8. The molecular formula is C26H35Cl2N11O2. The van der Waals surface area contributed by atoms with Crippen molar-refractivity contribution in [2.45, 2.75) is 44.8 Å². The molecule has 41 heavy (non-hydrogen) atoms. The van der Waals surface area contributed by atoms with E-state index in [0.29, 0.717) is 28.7 Å². The van der Waals surface area contributed by atoms with E-state index in [9.17, 15) is 4.79 Å². The van der Waals surface area contributed by atoms with Crippen molar-refractivity contribution in [3.63, 3.8) is 0 Å². The molecule has 15 heteroatoms. The zero-order chi connectivity index (χ0) is 28.9. The molecule has 5 rings (SSSR count). The number of aliphatic hydroxyl groups is 1. The molecule has 2 aromatic heterocycles. The third kappa shape index (κ3) is 6.70. The summed E-state index contributed by atoms with van der Waals surface area (Å²) < 4.78 is 0. The smallest absolute Gasteiger partial charge is 0.273 e. The molecule has 1 aromatic carbocycles. The number of aromatic amines is 1. The lowest BCUT2D eigenvalue weighted by atomic mass is 9.97. The number of hydrogen-bond acceptors (Lipinski definition) is 11. The number of carbonyl (C=O) groups is 1. The van der Waals surface area contributed by atoms with Crippen molar-refractivity contribution >= 4 is 40.7 Å². The van der Waals surface area contributed by atoms with Crippen LogP contribution >= 0.6 is 23.2 Å². The quantitative estimate of drug-likeness (QED) is 0.282. The molecule has 0 unspecified atom stereocenters. The largest absolute Gasteiger partial charge is 0.395 e. The number of tetrazole rings is 1. The second-order valence-corrected chi connectivity index (χ2v) is 11.1. The summed E-state index contributed by atoms with van der Waals surface area (Å²) in [6.45, 7) is 7.25. The number of halogens is 2. The van der Waals surface area contributed by atoms with Crippen LogP contribution in [0.5, 0.6) is 0 Å². The van der Waals surface area contributed by atoms with Crippen molar-refractivity contribution in [2.75, 3.05) is 56.5 Å². The van der Waals surface area contributed by atoms with Crippen LogP contribution < -0.4 is 16.0 Å². The van der Waals surface area contributed by atoms with Gasteiger partial charge in [-0.25, -0.2) is 9.97 Å². The lowest BCUT2D eigenvalue weighted by molar-refractivity contribution is 0.0611. The van der Waals surface area contributed by atoms with Gasteiger partial charge in [-0.3, -0.25) is 14.6 Å². The normalized spacial score (nSPS) is 19.0. The summed E-state index contributed by atoms with van der Waals surface area (Å²) in [6, 6.07) is 6.66. The molecule has 220 valence electrons. The summed E-state index contributed by atoms with van der Waals surface area (Å²) in [5.74, 6) is 0.552. The van der Waals surface area contributed by atoms with Gasteiger partial charge in [-0.1, -0.05) is 36.2 Å². The van der Waals surface area contributed by atoms with Crippen molar-refractivity contribution in [1.29, 1.82) is 0 Å². The number of rotatable bonds is 9. The number of aromatic nitrogens is 6. The van der Waals surface area contributed by atoms with Crippen LogP contribution in [0.3, 0.4) is 0 Å². The number of piperazine rings is 1. The van der Waals surface area contributed by atoms with E-state index in [1.807, 2.05) is 18.2 Å². The number of nitrogens with zero attached hydrogens (tertiary/aromatic N) is 8. The predicted molar refractivity (Wildman–Crippen MR) is 157 cm³/mol. The highest BCUT2D eigenvalue weighted by Crippen LogP contribution is 2.31. The summed E-state index contributed by atoms with van der Waals surface area (Å²) in [7, 11) is 0. The summed E-state index contributed by atoms with van der Waals surface area (Å²) in [6.07, 6.45) is 3.14. The van der Waals surface area contributed by atoms with Gasteiger partial charge in [0.1, 0.15) is 0 Å². The highest BCUT2D eigenvalue weighted by molar-refractivity contribution is 6.32. The van der Waals surface area contributed by atoms with Crippen LogP contribution in [0.1, 0.15) is 42.2 Å². The maximum atomic E-state index is 12.3. The fraction of sp³-hybridized carbons (Fsp3) is 0.538. The summed E-state index contributed by atoms with van der Waals surface area (Å²) in [4.78, 5) is 28.2. The number of benzene rings is 1. The van der Waals surface area contributed by atoms with Gasteiger partial charge in [0, 0.05) is 55.4 Å². The van der Waals surface area contributed by atoms with Gasteiger partial charge in [0.2, 0.25) is 5.82 Å². The molecule has 1 atom stereocenters. The number of nitrogens with two attached hydrogens (primary N) is 1. The zero-order valence-corrected chi connectivity index (χ0v) is 24.4. The van der Waals surface area contributed by atoms with E-state index in [2.05, 4.69) is 57.5 Å². The Morgan fingerprint density at radius 2 is 2.00 bits per heavy atom. The number of hydrogen-bond donors (Lipinski definition) is 4. The number of H-pyrrole nitrogens is 1. The molecule has 5 N–H and O–H groups in total. The third-order valence-corrected chi connectivity index (χ3v) is 8.34. The fourth-order valence-electron chi connectivity index (χ4n) is 5.77. The molecular weight excluding hydrogens is 569 g/mol. The number of aliphatic hydroxyl groups excluding tert-OH is 1. The number of nitrogens with one attached hydrogen (secondary N) is 2. The maximum Gasteiger partial charge on any atom is 0.273 e. The molecule has 1 amide bonds. The van der Waals surface area contributed by atoms with Crippen LogP contribution in [0.2, 0.25) is 10.2 Å². The van der Waals surface area contributed by atoms with E-state index in [0.717, 1.165) is 69.7 Å². The summed E-state index contributed by atoms with van der Waals surface area (Å²) in [5.41, 5.74) is 8.07. The SMILES string of the molecule is CC[C@H]1CN(c2nc(N)c(C(=O)NCCO)nc2Cl)CCN1C1CCN(Cc2ccc(Cl)cc2-c2nn[nH]n2)CC1. The van der Waals surface area contributed by atoms with E-state index in [1.165, 1.54) is 0 Å². The van der Waals surface area contributed by atoms with E-state index in [-0.39, 0.29) is 29.8 Å². The highest BCUT2D eigenvalue weighted by Gasteiger charge is 2.34. The van der Waals surface area contributed by atoms with Crippen molar-refractivity contribution in [3.8, 4) is 11.4 Å². The van der Waals surface area contributed by atoms with Crippen LogP contribution in [0.25, 0.3) is 11.4 Å². The summed E-state index contributed by atoms with van der Waals surface area (Å²) >= 11 is 12.7. The van der Waals surface area contributed by atoms with Crippen LogP contribution in [-0.2, 0) is 6.54 Å². The molecule has 13 nitrogen and oxygen atoms in total. The van der Waals surface area contributed by atoms with Gasteiger partial charge in [-0.05, 0) is 55.3 Å². The van der Waals surface area contributed by atoms with Gasteiger partial charge in [0.15, 0.2) is 22.5 Å². The monoisotopic (exact) mass is 603 g/mol. The third-order valence-electron chi connectivity index (χ3n) is 7.85. The fourth-order valence-corrected chi connectivity index (χ4v) is 6.19. The lowest BCUT2D eigenvalue weighted by Crippen LogP contribution is -2.58. The zero-order valence-electron chi connectivity index (χ0n) is 22.9. The highest BCUT2D eigenvalue weighted by atomic mass is 35.5. The average Bonchev–Trinajstić information content (AvgIpc) is 3.53. The Morgan fingerprint density at radius 1 is 1.20 bits per heavy atom. The molecule has 0 saturated carbocycles. The van der Waals surface area contributed by atoms with Crippen molar-refractivity contribution < 1.29 is 9.90 Å². The molecule has 2 fully saturated rings. The van der Waals surface area contributed by atoms with Gasteiger partial charge >= 0.3 is 0 Å². The first-order chi connectivity index (χ1) is 19.9. The first kappa shape index (κ1) is 29.4. The van der Waals surface area contributed by atoms with Gasteiger partial charge in [0.25, 0.3) is 5.91 Å². The summed E-state index contributed by atoms with van der Waals surface area (Å²) in [5, 5.41) is 26.8. The van der Waals surface area contributed by atoms with Gasteiger partial charge in [-0.15, -0.1) is 10.2 Å². The molecule has 0 radical (unpaired) electrons. The Morgan fingerprint density at radius 3 is 2.71 bits per heavy atom. The number of carbonyl (C=O) groups excluding carboxylic acids is 1. The maximum absolute atomic E-state index is 12.3. The Hall–Kier alpha value is -3.10. The second-order valence-electron chi connectivity index (χ2n) is 10.3. The number of anilines is 2. The molecule has 0 bridgehead atoms. The van der Waals surface area contributed by atoms with Gasteiger partial charge in [-0.2, -0.15) is 5.21 Å². The van der Waals surface area contributed by atoms with Crippen molar-refractivity contribution in [3.05, 3.63) is 39.6 Å². The van der Waals surface area contributed by atoms with Gasteiger partial charge < -0.3 is 21.1 Å². The van der Waals surface area contributed by atoms with E-state index in [1.54, 1.807) is 0 Å². The first-order valence-corrected chi connectivity index (χ1v) is 14.6.